The Morgan fingerprint density at radius 2 is 1.94 bits per heavy atom. The summed E-state index contributed by atoms with van der Waals surface area (Å²) in [6.07, 6.45) is 1.70. The van der Waals surface area contributed by atoms with Crippen molar-refractivity contribution in [2.24, 2.45) is 5.92 Å². The number of nitrogens with zero attached hydrogens (tertiary/aromatic N) is 1. The van der Waals surface area contributed by atoms with E-state index in [1.807, 2.05) is 0 Å². The molecule has 0 bridgehead atoms. The normalized spacial score (nSPS) is 21.3. The van der Waals surface area contributed by atoms with Crippen LogP contribution in [0.15, 0.2) is 18.2 Å². The van der Waals surface area contributed by atoms with Crippen molar-refractivity contribution in [1.29, 1.82) is 0 Å². The van der Waals surface area contributed by atoms with E-state index in [0.717, 1.165) is 32.5 Å². The first-order valence-electron chi connectivity index (χ1n) is 6.92. The first-order valence-corrected chi connectivity index (χ1v) is 6.92. The third-order valence-electron chi connectivity index (χ3n) is 4.13. The number of piperidine rings is 1. The van der Waals surface area contributed by atoms with Crippen molar-refractivity contribution in [3.8, 4) is 0 Å². The molecule has 98 valence electrons. The molecule has 18 heavy (non-hydrogen) atoms. The number of rotatable bonds is 3. The third-order valence-corrected chi connectivity index (χ3v) is 4.13. The molecule has 0 N–H and O–H groups in total. The van der Waals surface area contributed by atoms with Gasteiger partial charge in [0.1, 0.15) is 5.78 Å². The maximum Gasteiger partial charge on any atom is 0.138 e. The zero-order chi connectivity index (χ0) is 13.1. The summed E-state index contributed by atoms with van der Waals surface area (Å²) in [5.41, 5.74) is 4.15. The van der Waals surface area contributed by atoms with Gasteiger partial charge in [0.2, 0.25) is 0 Å². The lowest BCUT2D eigenvalue weighted by atomic mass is 9.93. The summed E-state index contributed by atoms with van der Waals surface area (Å²) in [5.74, 6) is 0.707. The zero-order valence-electron chi connectivity index (χ0n) is 11.7. The smallest absolute Gasteiger partial charge is 0.138 e. The standard InChI is InChI=1S/C16H23NO/c1-4-14-10-17(9-8-16(14)18)11-15-12(2)6-5-7-13(15)3/h5-7,14H,4,8-11H2,1-3H3. The molecule has 1 aliphatic heterocycles. The highest BCUT2D eigenvalue weighted by Crippen LogP contribution is 2.21. The van der Waals surface area contributed by atoms with Gasteiger partial charge in [-0.25, -0.2) is 0 Å². The summed E-state index contributed by atoms with van der Waals surface area (Å²) in [5, 5.41) is 0. The van der Waals surface area contributed by atoms with Gasteiger partial charge in [0.25, 0.3) is 0 Å². The molecular formula is C16H23NO. The fourth-order valence-corrected chi connectivity index (χ4v) is 2.80. The molecule has 0 saturated carbocycles. The topological polar surface area (TPSA) is 20.3 Å². The number of carbonyl (C=O) groups excluding carboxylic acids is 1. The fraction of sp³-hybridized carbons (Fsp3) is 0.562. The maximum atomic E-state index is 11.7. The second-order valence-corrected chi connectivity index (χ2v) is 5.43. The zero-order valence-corrected chi connectivity index (χ0v) is 11.7. The Kier molecular flexibility index (Phi) is 4.18. The van der Waals surface area contributed by atoms with E-state index in [1.165, 1.54) is 16.7 Å². The Morgan fingerprint density at radius 1 is 1.28 bits per heavy atom. The summed E-state index contributed by atoms with van der Waals surface area (Å²) >= 11 is 0. The van der Waals surface area contributed by atoms with Crippen LogP contribution in [0.4, 0.5) is 0 Å². The van der Waals surface area contributed by atoms with E-state index in [-0.39, 0.29) is 5.92 Å². The monoisotopic (exact) mass is 245 g/mol. The predicted molar refractivity (Wildman–Crippen MR) is 74.6 cm³/mol. The molecule has 0 spiro atoms. The van der Waals surface area contributed by atoms with Crippen molar-refractivity contribution >= 4 is 5.78 Å². The van der Waals surface area contributed by atoms with Crippen molar-refractivity contribution in [3.05, 3.63) is 34.9 Å². The highest BCUT2D eigenvalue weighted by Gasteiger charge is 2.25. The van der Waals surface area contributed by atoms with Crippen LogP contribution in [0.25, 0.3) is 0 Å². The number of aryl methyl sites for hydroxylation is 2. The molecule has 1 atom stereocenters. The Balaban J connectivity index is 2.08. The largest absolute Gasteiger partial charge is 0.299 e. The lowest BCUT2D eigenvalue weighted by molar-refractivity contribution is -0.126. The first kappa shape index (κ1) is 13.3. The quantitative estimate of drug-likeness (QED) is 0.815. The van der Waals surface area contributed by atoms with E-state index >= 15 is 0 Å². The molecule has 0 amide bonds. The van der Waals surface area contributed by atoms with Gasteiger partial charge in [-0.1, -0.05) is 25.1 Å². The van der Waals surface area contributed by atoms with Crippen molar-refractivity contribution in [2.75, 3.05) is 13.1 Å². The number of carbonyl (C=O) groups is 1. The minimum Gasteiger partial charge on any atom is -0.299 e. The van der Waals surface area contributed by atoms with E-state index in [4.69, 9.17) is 0 Å². The minimum atomic E-state index is 0.253. The van der Waals surface area contributed by atoms with Crippen molar-refractivity contribution in [3.63, 3.8) is 0 Å². The van der Waals surface area contributed by atoms with Crippen LogP contribution in [0, 0.1) is 19.8 Å². The van der Waals surface area contributed by atoms with Crippen LogP contribution >= 0.6 is 0 Å². The molecule has 0 aliphatic carbocycles. The van der Waals surface area contributed by atoms with Crippen molar-refractivity contribution < 1.29 is 4.79 Å². The summed E-state index contributed by atoms with van der Waals surface area (Å²) in [7, 11) is 0. The van der Waals surface area contributed by atoms with Crippen LogP contribution in [-0.4, -0.2) is 23.8 Å². The number of hydrogen-bond acceptors (Lipinski definition) is 2. The molecule has 2 heteroatoms. The molecule has 1 aromatic carbocycles. The van der Waals surface area contributed by atoms with Gasteiger partial charge >= 0.3 is 0 Å². The van der Waals surface area contributed by atoms with Crippen LogP contribution in [0.5, 0.6) is 0 Å². The summed E-state index contributed by atoms with van der Waals surface area (Å²) in [6, 6.07) is 6.46. The molecule has 1 fully saturated rings. The lowest BCUT2D eigenvalue weighted by Crippen LogP contribution is -2.40. The van der Waals surface area contributed by atoms with E-state index in [1.54, 1.807) is 0 Å². The van der Waals surface area contributed by atoms with Gasteiger partial charge in [-0.15, -0.1) is 0 Å². The van der Waals surface area contributed by atoms with E-state index in [0.29, 0.717) is 5.78 Å². The molecule has 1 heterocycles. The molecule has 1 unspecified atom stereocenters. The fourth-order valence-electron chi connectivity index (χ4n) is 2.80. The predicted octanol–water partition coefficient (Wildman–Crippen LogP) is 3.10. The number of ketones is 1. The molecule has 2 nitrogen and oxygen atoms in total. The third kappa shape index (κ3) is 2.81. The van der Waals surface area contributed by atoms with E-state index in [2.05, 4.69) is 43.9 Å². The number of benzene rings is 1. The molecule has 1 aliphatic rings. The first-order chi connectivity index (χ1) is 8.61. The highest BCUT2D eigenvalue weighted by molar-refractivity contribution is 5.82. The second-order valence-electron chi connectivity index (χ2n) is 5.43. The lowest BCUT2D eigenvalue weighted by Gasteiger charge is -2.32. The van der Waals surface area contributed by atoms with Gasteiger partial charge in [-0.2, -0.15) is 0 Å². The average molecular weight is 245 g/mol. The Labute approximate surface area is 110 Å². The number of Topliss-reactive ketones (excluding diaryl/α,β-unsaturated/α-hetero) is 1. The van der Waals surface area contributed by atoms with Crippen LogP contribution in [-0.2, 0) is 11.3 Å². The number of likely N-dealkylation sites (tertiary alicyclic amines) is 1. The van der Waals surface area contributed by atoms with E-state index in [9.17, 15) is 4.79 Å². The van der Waals surface area contributed by atoms with Crippen LogP contribution in [0.1, 0.15) is 36.5 Å². The van der Waals surface area contributed by atoms with Crippen LogP contribution < -0.4 is 0 Å². The minimum absolute atomic E-state index is 0.253. The average Bonchev–Trinajstić information content (AvgIpc) is 2.36. The van der Waals surface area contributed by atoms with Crippen LogP contribution in [0.3, 0.4) is 0 Å². The molecular weight excluding hydrogens is 222 g/mol. The maximum absolute atomic E-state index is 11.7. The van der Waals surface area contributed by atoms with Crippen molar-refractivity contribution in [1.82, 2.24) is 4.90 Å². The molecule has 0 radical (unpaired) electrons. The van der Waals surface area contributed by atoms with E-state index < -0.39 is 0 Å². The summed E-state index contributed by atoms with van der Waals surface area (Å²) < 4.78 is 0. The second kappa shape index (κ2) is 5.66. The SMILES string of the molecule is CCC1CN(Cc2c(C)cccc2C)CCC1=O. The summed E-state index contributed by atoms with van der Waals surface area (Å²) in [4.78, 5) is 14.2. The Hall–Kier alpha value is -1.15. The van der Waals surface area contributed by atoms with Gasteiger partial charge in [0, 0.05) is 32.0 Å². The van der Waals surface area contributed by atoms with Gasteiger partial charge < -0.3 is 0 Å². The Bertz CT molecular complexity index is 418. The molecule has 0 aromatic heterocycles. The van der Waals surface area contributed by atoms with Gasteiger partial charge in [0.15, 0.2) is 0 Å². The molecule has 1 saturated heterocycles. The van der Waals surface area contributed by atoms with Gasteiger partial charge in [0.05, 0.1) is 0 Å². The van der Waals surface area contributed by atoms with Crippen molar-refractivity contribution in [2.45, 2.75) is 40.2 Å². The van der Waals surface area contributed by atoms with Crippen LogP contribution in [0.2, 0.25) is 0 Å². The molecule has 1 aromatic rings. The Morgan fingerprint density at radius 3 is 2.56 bits per heavy atom. The summed E-state index contributed by atoms with van der Waals surface area (Å²) in [6.45, 7) is 9.31. The van der Waals surface area contributed by atoms with Gasteiger partial charge in [-0.05, 0) is 37.0 Å². The number of hydrogen-bond donors (Lipinski definition) is 0. The van der Waals surface area contributed by atoms with Gasteiger partial charge in [-0.3, -0.25) is 9.69 Å². The molecule has 2 rings (SSSR count). The highest BCUT2D eigenvalue weighted by atomic mass is 16.1.